The summed E-state index contributed by atoms with van der Waals surface area (Å²) in [5.41, 5.74) is 2.83. The smallest absolute Gasteiger partial charge is 0.149 e. The zero-order chi connectivity index (χ0) is 17.0. The average Bonchev–Trinajstić information content (AvgIpc) is 3.03. The van der Waals surface area contributed by atoms with Crippen LogP contribution in [0.4, 0.5) is 4.39 Å². The average molecular weight is 347 g/mol. The Balaban J connectivity index is 1.95. The zero-order valence-corrected chi connectivity index (χ0v) is 13.8. The van der Waals surface area contributed by atoms with Crippen molar-refractivity contribution < 1.29 is 8.81 Å². The van der Waals surface area contributed by atoms with Gasteiger partial charge in [0.2, 0.25) is 0 Å². The van der Waals surface area contributed by atoms with Gasteiger partial charge in [-0.25, -0.2) is 4.39 Å². The molecule has 0 N–H and O–H groups in total. The van der Waals surface area contributed by atoms with Gasteiger partial charge >= 0.3 is 0 Å². The Hall–Kier alpha value is -2.84. The highest BCUT2D eigenvalue weighted by atomic mass is 35.5. The summed E-state index contributed by atoms with van der Waals surface area (Å²) in [4.78, 5) is 0. The molecule has 25 heavy (non-hydrogen) atoms. The Kier molecular flexibility index (Phi) is 3.09. The number of furan rings is 1. The van der Waals surface area contributed by atoms with E-state index in [0.717, 1.165) is 38.3 Å². The largest absolute Gasteiger partial charge is 0.455 e. The Bertz CT molecular complexity index is 1270. The summed E-state index contributed by atoms with van der Waals surface area (Å²) >= 11 is 5.99. The molecule has 0 aliphatic carbocycles. The summed E-state index contributed by atoms with van der Waals surface area (Å²) in [5.74, 6) is -0.410. The fourth-order valence-electron chi connectivity index (χ4n) is 3.49. The van der Waals surface area contributed by atoms with Crippen LogP contribution < -0.4 is 0 Å². The van der Waals surface area contributed by atoms with Crippen molar-refractivity contribution in [2.45, 2.75) is 0 Å². The summed E-state index contributed by atoms with van der Waals surface area (Å²) in [6, 6.07) is 23.0. The molecule has 1 heterocycles. The Morgan fingerprint density at radius 1 is 0.720 bits per heavy atom. The molecule has 0 saturated heterocycles. The minimum atomic E-state index is -0.410. The first kappa shape index (κ1) is 14.5. The molecule has 1 aromatic heterocycles. The molecule has 120 valence electrons. The molecular weight excluding hydrogens is 335 g/mol. The van der Waals surface area contributed by atoms with Crippen LogP contribution in [0.25, 0.3) is 43.8 Å². The lowest BCUT2D eigenvalue weighted by molar-refractivity contribution is 0.632. The summed E-state index contributed by atoms with van der Waals surface area (Å²) < 4.78 is 20.8. The maximum absolute atomic E-state index is 14.6. The van der Waals surface area contributed by atoms with E-state index in [4.69, 9.17) is 16.0 Å². The molecule has 0 spiro atoms. The molecule has 0 bridgehead atoms. The second-order valence-electron chi connectivity index (χ2n) is 6.05. The van der Waals surface area contributed by atoms with Crippen LogP contribution in [0.3, 0.4) is 0 Å². The van der Waals surface area contributed by atoms with Crippen LogP contribution >= 0.6 is 11.6 Å². The fraction of sp³-hybridized carbons (Fsp3) is 0. The number of hydrogen-bond acceptors (Lipinski definition) is 1. The number of halogens is 2. The van der Waals surface area contributed by atoms with Crippen molar-refractivity contribution in [3.8, 4) is 11.1 Å². The lowest BCUT2D eigenvalue weighted by Gasteiger charge is -2.06. The monoisotopic (exact) mass is 346 g/mol. The van der Waals surface area contributed by atoms with Crippen molar-refractivity contribution in [2.75, 3.05) is 0 Å². The van der Waals surface area contributed by atoms with Crippen molar-refractivity contribution in [2.24, 2.45) is 0 Å². The lowest BCUT2D eigenvalue weighted by atomic mass is 9.98. The first-order valence-corrected chi connectivity index (χ1v) is 8.39. The quantitative estimate of drug-likeness (QED) is 0.313. The number of fused-ring (bicyclic) bond motifs is 5. The highest BCUT2D eigenvalue weighted by Crippen LogP contribution is 2.40. The Morgan fingerprint density at radius 3 is 2.44 bits per heavy atom. The van der Waals surface area contributed by atoms with Gasteiger partial charge in [-0.2, -0.15) is 0 Å². The molecule has 4 aromatic carbocycles. The molecular formula is C22H12ClFO. The third-order valence-electron chi connectivity index (χ3n) is 4.63. The molecule has 5 aromatic rings. The lowest BCUT2D eigenvalue weighted by Crippen LogP contribution is -1.86. The molecule has 0 aliphatic rings. The molecule has 0 radical (unpaired) electrons. The van der Waals surface area contributed by atoms with Crippen LogP contribution in [0.15, 0.2) is 77.2 Å². The van der Waals surface area contributed by atoms with Crippen molar-refractivity contribution in [3.63, 3.8) is 0 Å². The van der Waals surface area contributed by atoms with E-state index >= 15 is 0 Å². The van der Waals surface area contributed by atoms with Gasteiger partial charge in [-0.3, -0.25) is 0 Å². The zero-order valence-electron chi connectivity index (χ0n) is 13.1. The van der Waals surface area contributed by atoms with Gasteiger partial charge in [-0.1, -0.05) is 66.2 Å². The van der Waals surface area contributed by atoms with E-state index in [2.05, 4.69) is 12.1 Å². The normalized spacial score (nSPS) is 11.6. The molecule has 3 heteroatoms. The first-order valence-electron chi connectivity index (χ1n) is 8.01. The van der Waals surface area contributed by atoms with E-state index in [1.54, 1.807) is 18.2 Å². The van der Waals surface area contributed by atoms with Crippen LogP contribution in [0.1, 0.15) is 0 Å². The van der Waals surface area contributed by atoms with Gasteiger partial charge < -0.3 is 4.42 Å². The highest BCUT2D eigenvalue weighted by molar-refractivity contribution is 6.31. The maximum Gasteiger partial charge on any atom is 0.149 e. The Morgan fingerprint density at radius 2 is 1.52 bits per heavy atom. The van der Waals surface area contributed by atoms with Crippen LogP contribution in [-0.2, 0) is 0 Å². The van der Waals surface area contributed by atoms with Gasteiger partial charge in [0.25, 0.3) is 0 Å². The van der Waals surface area contributed by atoms with Crippen molar-refractivity contribution in [1.82, 2.24) is 0 Å². The highest BCUT2D eigenvalue weighted by Gasteiger charge is 2.17. The second-order valence-corrected chi connectivity index (χ2v) is 6.45. The standard InChI is InChI=1S/C22H12ClFO/c23-18-9-3-8-16(21(18)24)15-7-4-10-19-20(15)17-12-11-13-5-1-2-6-14(13)22(17)25-19/h1-12H. The number of hydrogen-bond donors (Lipinski definition) is 0. The summed E-state index contributed by atoms with van der Waals surface area (Å²) in [7, 11) is 0. The van der Waals surface area contributed by atoms with Gasteiger partial charge in [0, 0.05) is 21.7 Å². The molecule has 0 saturated carbocycles. The second kappa shape index (κ2) is 5.33. The molecule has 0 atom stereocenters. The molecule has 5 rings (SSSR count). The van der Waals surface area contributed by atoms with Crippen molar-refractivity contribution in [3.05, 3.63) is 83.6 Å². The summed E-state index contributed by atoms with van der Waals surface area (Å²) in [6.45, 7) is 0. The molecule has 1 nitrogen and oxygen atoms in total. The van der Waals surface area contributed by atoms with Crippen LogP contribution in [0.2, 0.25) is 5.02 Å². The van der Waals surface area contributed by atoms with E-state index in [1.165, 1.54) is 0 Å². The third kappa shape index (κ3) is 2.08. The predicted molar refractivity (Wildman–Crippen MR) is 102 cm³/mol. The van der Waals surface area contributed by atoms with Gasteiger partial charge in [0.15, 0.2) is 0 Å². The van der Waals surface area contributed by atoms with Crippen LogP contribution in [-0.4, -0.2) is 0 Å². The third-order valence-corrected chi connectivity index (χ3v) is 4.92. The molecule has 0 fully saturated rings. The van der Waals surface area contributed by atoms with Gasteiger partial charge in [0.1, 0.15) is 17.0 Å². The minimum Gasteiger partial charge on any atom is -0.455 e. The minimum absolute atomic E-state index is 0.118. The van der Waals surface area contributed by atoms with E-state index in [0.29, 0.717) is 5.56 Å². The van der Waals surface area contributed by atoms with Gasteiger partial charge in [0.05, 0.1) is 5.02 Å². The molecule has 0 aliphatic heterocycles. The van der Waals surface area contributed by atoms with Crippen LogP contribution in [0.5, 0.6) is 0 Å². The number of rotatable bonds is 1. The maximum atomic E-state index is 14.6. The fourth-order valence-corrected chi connectivity index (χ4v) is 3.66. The molecule has 0 unspecified atom stereocenters. The number of benzene rings is 4. The van der Waals surface area contributed by atoms with Gasteiger partial charge in [-0.15, -0.1) is 0 Å². The summed E-state index contributed by atoms with van der Waals surface area (Å²) in [5, 5.41) is 4.17. The Labute approximate surface area is 148 Å². The van der Waals surface area contributed by atoms with E-state index in [-0.39, 0.29) is 5.02 Å². The summed E-state index contributed by atoms with van der Waals surface area (Å²) in [6.07, 6.45) is 0. The first-order chi connectivity index (χ1) is 12.2. The molecule has 0 amide bonds. The van der Waals surface area contributed by atoms with Crippen LogP contribution in [0, 0.1) is 5.82 Å². The SMILES string of the molecule is Fc1c(Cl)cccc1-c1cccc2oc3c4ccccc4ccc3c12. The predicted octanol–water partition coefficient (Wildman–Crippen LogP) is 7.20. The van der Waals surface area contributed by atoms with E-state index < -0.39 is 5.82 Å². The van der Waals surface area contributed by atoms with Crippen molar-refractivity contribution >= 4 is 44.3 Å². The van der Waals surface area contributed by atoms with E-state index in [1.807, 2.05) is 42.5 Å². The van der Waals surface area contributed by atoms with Gasteiger partial charge in [-0.05, 0) is 29.1 Å². The van der Waals surface area contributed by atoms with E-state index in [9.17, 15) is 4.39 Å². The van der Waals surface area contributed by atoms with Crippen molar-refractivity contribution in [1.29, 1.82) is 0 Å². The topological polar surface area (TPSA) is 13.1 Å².